The van der Waals surface area contributed by atoms with Crippen LogP contribution < -0.4 is 5.32 Å². The molecule has 3 heteroatoms. The Morgan fingerprint density at radius 2 is 2.13 bits per heavy atom. The Labute approximate surface area is 101 Å². The first-order chi connectivity index (χ1) is 6.96. The summed E-state index contributed by atoms with van der Waals surface area (Å²) in [7, 11) is 0. The first-order valence-electron chi connectivity index (χ1n) is 5.43. The second-order valence-electron chi connectivity index (χ2n) is 4.89. The lowest BCUT2D eigenvalue weighted by Crippen LogP contribution is -2.32. The molecule has 0 aliphatic heterocycles. The van der Waals surface area contributed by atoms with E-state index in [4.69, 9.17) is 4.42 Å². The molecule has 0 saturated heterocycles. The minimum absolute atomic E-state index is 0.148. The molecule has 1 unspecified atom stereocenters. The molecule has 0 saturated carbocycles. The van der Waals surface area contributed by atoms with Gasteiger partial charge < -0.3 is 9.73 Å². The second-order valence-corrected chi connectivity index (χ2v) is 5.74. The number of nitrogens with one attached hydrogen (secondary N) is 1. The van der Waals surface area contributed by atoms with Crippen LogP contribution in [-0.4, -0.2) is 6.54 Å². The molecular weight excluding hydrogens is 254 g/mol. The van der Waals surface area contributed by atoms with Gasteiger partial charge in [-0.25, -0.2) is 0 Å². The summed E-state index contributed by atoms with van der Waals surface area (Å²) in [4.78, 5) is 0. The fourth-order valence-corrected chi connectivity index (χ4v) is 2.02. The van der Waals surface area contributed by atoms with Crippen LogP contribution in [0, 0.1) is 5.41 Å². The van der Waals surface area contributed by atoms with Crippen molar-refractivity contribution in [1.82, 2.24) is 5.32 Å². The van der Waals surface area contributed by atoms with Crippen molar-refractivity contribution in [3.8, 4) is 0 Å². The Balaban J connectivity index is 2.87. The average molecular weight is 274 g/mol. The van der Waals surface area contributed by atoms with Crippen LogP contribution in [0.15, 0.2) is 21.2 Å². The Morgan fingerprint density at radius 1 is 1.47 bits per heavy atom. The summed E-state index contributed by atoms with van der Waals surface area (Å²) in [5.74, 6) is 0.996. The zero-order valence-electron chi connectivity index (χ0n) is 9.93. The molecule has 0 aliphatic rings. The number of halogens is 1. The summed E-state index contributed by atoms with van der Waals surface area (Å²) in [6, 6.07) is 2.20. The van der Waals surface area contributed by atoms with Gasteiger partial charge in [-0.1, -0.05) is 27.7 Å². The number of hydrogen-bond acceptors (Lipinski definition) is 2. The predicted octanol–water partition coefficient (Wildman–Crippen LogP) is 4.13. The number of rotatable bonds is 4. The summed E-state index contributed by atoms with van der Waals surface area (Å²) in [6.07, 6.45) is 2.86. The molecule has 0 fully saturated rings. The van der Waals surface area contributed by atoms with Crippen LogP contribution in [0.3, 0.4) is 0 Å². The fraction of sp³-hybridized carbons (Fsp3) is 0.667. The maximum absolute atomic E-state index is 5.54. The highest BCUT2D eigenvalue weighted by molar-refractivity contribution is 9.10. The van der Waals surface area contributed by atoms with Gasteiger partial charge in [0.05, 0.1) is 16.8 Å². The van der Waals surface area contributed by atoms with Gasteiger partial charge in [0.1, 0.15) is 5.76 Å². The van der Waals surface area contributed by atoms with Crippen molar-refractivity contribution >= 4 is 15.9 Å². The van der Waals surface area contributed by atoms with Gasteiger partial charge in [-0.05, 0) is 40.4 Å². The highest BCUT2D eigenvalue weighted by Crippen LogP contribution is 2.36. The molecule has 1 N–H and O–H groups in total. The van der Waals surface area contributed by atoms with Crippen molar-refractivity contribution in [2.24, 2.45) is 5.41 Å². The molecule has 0 bridgehead atoms. The molecule has 1 aromatic rings. The third-order valence-electron chi connectivity index (χ3n) is 2.37. The monoisotopic (exact) mass is 273 g/mol. The van der Waals surface area contributed by atoms with Gasteiger partial charge in [0, 0.05) is 0 Å². The fourth-order valence-electron chi connectivity index (χ4n) is 1.59. The SMILES string of the molecule is CCCNC(c1occc1Br)C(C)(C)C. The van der Waals surface area contributed by atoms with E-state index in [2.05, 4.69) is 48.9 Å². The van der Waals surface area contributed by atoms with Crippen LogP contribution in [0.2, 0.25) is 0 Å². The van der Waals surface area contributed by atoms with Gasteiger partial charge in [0.2, 0.25) is 0 Å². The van der Waals surface area contributed by atoms with E-state index in [9.17, 15) is 0 Å². The van der Waals surface area contributed by atoms with E-state index in [-0.39, 0.29) is 11.5 Å². The van der Waals surface area contributed by atoms with Crippen LogP contribution in [-0.2, 0) is 0 Å². The molecule has 86 valence electrons. The van der Waals surface area contributed by atoms with Gasteiger partial charge in [-0.3, -0.25) is 0 Å². The molecular formula is C12H20BrNO. The van der Waals surface area contributed by atoms with Crippen molar-refractivity contribution in [1.29, 1.82) is 0 Å². The number of furan rings is 1. The summed E-state index contributed by atoms with van der Waals surface area (Å²) < 4.78 is 6.59. The molecule has 0 aliphatic carbocycles. The highest BCUT2D eigenvalue weighted by Gasteiger charge is 2.29. The molecule has 1 rings (SSSR count). The van der Waals surface area contributed by atoms with Crippen LogP contribution in [0.5, 0.6) is 0 Å². The van der Waals surface area contributed by atoms with Crippen LogP contribution in [0.25, 0.3) is 0 Å². The first-order valence-corrected chi connectivity index (χ1v) is 6.22. The van der Waals surface area contributed by atoms with Crippen LogP contribution >= 0.6 is 15.9 Å². The highest BCUT2D eigenvalue weighted by atomic mass is 79.9. The van der Waals surface area contributed by atoms with Crippen molar-refractivity contribution in [3.05, 3.63) is 22.6 Å². The molecule has 0 aromatic carbocycles. The normalized spacial score (nSPS) is 14.2. The summed E-state index contributed by atoms with van der Waals surface area (Å²) in [5, 5.41) is 3.53. The topological polar surface area (TPSA) is 25.2 Å². The minimum Gasteiger partial charge on any atom is -0.466 e. The zero-order chi connectivity index (χ0) is 11.5. The molecule has 1 atom stereocenters. The molecule has 15 heavy (non-hydrogen) atoms. The van der Waals surface area contributed by atoms with Gasteiger partial charge in [0.15, 0.2) is 0 Å². The second kappa shape index (κ2) is 5.17. The van der Waals surface area contributed by atoms with E-state index in [1.54, 1.807) is 6.26 Å². The van der Waals surface area contributed by atoms with E-state index in [1.165, 1.54) is 0 Å². The first kappa shape index (κ1) is 12.8. The van der Waals surface area contributed by atoms with Gasteiger partial charge in [0.25, 0.3) is 0 Å². The van der Waals surface area contributed by atoms with Crippen molar-refractivity contribution < 1.29 is 4.42 Å². The Bertz CT molecular complexity index is 301. The van der Waals surface area contributed by atoms with E-state index in [0.717, 1.165) is 23.2 Å². The number of hydrogen-bond donors (Lipinski definition) is 1. The Morgan fingerprint density at radius 3 is 2.53 bits per heavy atom. The minimum atomic E-state index is 0.148. The summed E-state index contributed by atoms with van der Waals surface area (Å²) in [5.41, 5.74) is 0.148. The summed E-state index contributed by atoms with van der Waals surface area (Å²) in [6.45, 7) is 9.83. The van der Waals surface area contributed by atoms with Crippen molar-refractivity contribution in [2.75, 3.05) is 6.54 Å². The standard InChI is InChI=1S/C12H20BrNO/c1-5-7-14-11(12(2,3)4)10-9(13)6-8-15-10/h6,8,11,14H,5,7H2,1-4H3. The van der Waals surface area contributed by atoms with E-state index < -0.39 is 0 Å². The van der Waals surface area contributed by atoms with Crippen molar-refractivity contribution in [2.45, 2.75) is 40.2 Å². The van der Waals surface area contributed by atoms with E-state index in [0.29, 0.717) is 0 Å². The average Bonchev–Trinajstić information content (AvgIpc) is 2.51. The quantitative estimate of drug-likeness (QED) is 0.893. The third-order valence-corrected chi connectivity index (χ3v) is 3.03. The molecule has 1 aromatic heterocycles. The maximum Gasteiger partial charge on any atom is 0.135 e. The van der Waals surface area contributed by atoms with E-state index in [1.807, 2.05) is 6.07 Å². The predicted molar refractivity (Wildman–Crippen MR) is 66.9 cm³/mol. The smallest absolute Gasteiger partial charge is 0.135 e. The lowest BCUT2D eigenvalue weighted by atomic mass is 9.85. The third kappa shape index (κ3) is 3.35. The molecule has 0 spiro atoms. The van der Waals surface area contributed by atoms with Gasteiger partial charge >= 0.3 is 0 Å². The maximum atomic E-state index is 5.54. The van der Waals surface area contributed by atoms with Crippen molar-refractivity contribution in [3.63, 3.8) is 0 Å². The van der Waals surface area contributed by atoms with E-state index >= 15 is 0 Å². The lowest BCUT2D eigenvalue weighted by Gasteiger charge is -2.30. The molecule has 0 radical (unpaired) electrons. The Hall–Kier alpha value is -0.280. The Kier molecular flexibility index (Phi) is 4.41. The lowest BCUT2D eigenvalue weighted by molar-refractivity contribution is 0.237. The van der Waals surface area contributed by atoms with Gasteiger partial charge in [-0.15, -0.1) is 0 Å². The summed E-state index contributed by atoms with van der Waals surface area (Å²) >= 11 is 3.52. The van der Waals surface area contributed by atoms with Gasteiger partial charge in [-0.2, -0.15) is 0 Å². The molecule has 0 amide bonds. The molecule has 2 nitrogen and oxygen atoms in total. The largest absolute Gasteiger partial charge is 0.466 e. The van der Waals surface area contributed by atoms with Crippen LogP contribution in [0.1, 0.15) is 45.9 Å². The van der Waals surface area contributed by atoms with Crippen LogP contribution in [0.4, 0.5) is 0 Å². The zero-order valence-corrected chi connectivity index (χ0v) is 11.5. The molecule has 1 heterocycles.